The second-order valence-electron chi connectivity index (χ2n) is 5.50. The number of aliphatic hydroxyl groups is 2. The molecule has 0 aromatic carbocycles. The molecule has 4 N–H and O–H groups in total. The smallest absolute Gasteiger partial charge is 0.302 e. The molecule has 5 unspecified atom stereocenters. The normalized spacial score (nSPS) is 30.3. The maximum absolute atomic E-state index is 10.9. The third kappa shape index (κ3) is 7.39. The van der Waals surface area contributed by atoms with Crippen LogP contribution >= 0.6 is 0 Å². The highest BCUT2D eigenvalue weighted by Crippen LogP contribution is 2.21. The molecule has 0 spiro atoms. The Morgan fingerprint density at radius 1 is 1.08 bits per heavy atom. The molecule has 0 aromatic rings. The Balaban J connectivity index is 2.28. The van der Waals surface area contributed by atoms with Crippen LogP contribution in [-0.2, 0) is 28.5 Å². The summed E-state index contributed by atoms with van der Waals surface area (Å²) in [6.07, 6.45) is -3.37. The van der Waals surface area contributed by atoms with E-state index in [0.29, 0.717) is 26.4 Å². The maximum Gasteiger partial charge on any atom is 0.302 e. The second kappa shape index (κ2) is 11.7. The van der Waals surface area contributed by atoms with E-state index in [1.165, 1.54) is 6.92 Å². The van der Waals surface area contributed by atoms with Crippen molar-refractivity contribution in [2.45, 2.75) is 50.9 Å². The van der Waals surface area contributed by atoms with E-state index in [-0.39, 0.29) is 13.2 Å². The largest absolute Gasteiger partial charge is 0.463 e. The molecule has 142 valence electrons. The van der Waals surface area contributed by atoms with Crippen molar-refractivity contribution in [1.29, 1.82) is 0 Å². The fourth-order valence-corrected chi connectivity index (χ4v) is 2.13. The summed E-state index contributed by atoms with van der Waals surface area (Å²) in [4.78, 5) is 10.9. The molecule has 9 heteroatoms. The lowest BCUT2D eigenvalue weighted by atomic mass is 9.98. The van der Waals surface area contributed by atoms with E-state index in [9.17, 15) is 15.0 Å². The lowest BCUT2D eigenvalue weighted by molar-refractivity contribution is -0.268. The molecule has 0 amide bonds. The Bertz CT molecular complexity index is 356. The van der Waals surface area contributed by atoms with Gasteiger partial charge in [-0.05, 0) is 6.42 Å². The first-order valence-corrected chi connectivity index (χ1v) is 8.15. The van der Waals surface area contributed by atoms with Gasteiger partial charge in [-0.1, -0.05) is 6.92 Å². The van der Waals surface area contributed by atoms with Gasteiger partial charge < -0.3 is 39.6 Å². The number of rotatable bonds is 11. The predicted molar refractivity (Wildman–Crippen MR) is 83.2 cm³/mol. The van der Waals surface area contributed by atoms with E-state index in [4.69, 9.17) is 29.4 Å². The van der Waals surface area contributed by atoms with Gasteiger partial charge in [0.15, 0.2) is 6.29 Å². The predicted octanol–water partition coefficient (Wildman–Crippen LogP) is -1.22. The summed E-state index contributed by atoms with van der Waals surface area (Å²) in [6.45, 7) is 5.28. The Kier molecular flexibility index (Phi) is 10.3. The highest BCUT2D eigenvalue weighted by molar-refractivity contribution is 5.65. The monoisotopic (exact) mass is 351 g/mol. The van der Waals surface area contributed by atoms with Crippen molar-refractivity contribution in [3.63, 3.8) is 0 Å². The van der Waals surface area contributed by atoms with Gasteiger partial charge in [0.05, 0.1) is 32.5 Å². The van der Waals surface area contributed by atoms with Gasteiger partial charge in [0.1, 0.15) is 24.9 Å². The van der Waals surface area contributed by atoms with Crippen molar-refractivity contribution in [2.75, 3.05) is 39.6 Å². The molecule has 0 aromatic heterocycles. The zero-order valence-electron chi connectivity index (χ0n) is 14.3. The van der Waals surface area contributed by atoms with Crippen molar-refractivity contribution in [3.8, 4) is 0 Å². The number of ether oxygens (including phenoxy) is 5. The van der Waals surface area contributed by atoms with Gasteiger partial charge in [-0.2, -0.15) is 0 Å². The summed E-state index contributed by atoms with van der Waals surface area (Å²) in [6, 6.07) is -0.915. The average molecular weight is 351 g/mol. The molecule has 1 heterocycles. The molecule has 1 fully saturated rings. The third-order valence-electron chi connectivity index (χ3n) is 3.43. The fraction of sp³-hybridized carbons (Fsp3) is 0.933. The van der Waals surface area contributed by atoms with Gasteiger partial charge in [-0.3, -0.25) is 4.79 Å². The molecule has 0 saturated carbocycles. The zero-order chi connectivity index (χ0) is 17.9. The van der Waals surface area contributed by atoms with E-state index in [1.807, 2.05) is 6.92 Å². The van der Waals surface area contributed by atoms with Crippen LogP contribution < -0.4 is 5.73 Å². The topological polar surface area (TPSA) is 130 Å². The molecular formula is C15H29NO8. The van der Waals surface area contributed by atoms with Crippen LogP contribution in [0.1, 0.15) is 20.3 Å². The number of carbonyl (C=O) groups excluding carboxylic acids is 1. The molecular weight excluding hydrogens is 322 g/mol. The van der Waals surface area contributed by atoms with Gasteiger partial charge in [0, 0.05) is 13.5 Å². The molecule has 1 aliphatic rings. The number of nitrogens with two attached hydrogens (primary N) is 1. The van der Waals surface area contributed by atoms with E-state index >= 15 is 0 Å². The van der Waals surface area contributed by atoms with E-state index in [2.05, 4.69) is 0 Å². The molecule has 0 radical (unpaired) electrons. The van der Waals surface area contributed by atoms with Crippen LogP contribution in [-0.4, -0.2) is 86.5 Å². The molecule has 5 atom stereocenters. The zero-order valence-corrected chi connectivity index (χ0v) is 14.3. The summed E-state index contributed by atoms with van der Waals surface area (Å²) in [5, 5.41) is 19.9. The number of esters is 1. The second-order valence-corrected chi connectivity index (χ2v) is 5.50. The number of hydrogen-bond acceptors (Lipinski definition) is 9. The van der Waals surface area contributed by atoms with Gasteiger partial charge in [-0.25, -0.2) is 0 Å². The minimum absolute atomic E-state index is 0.189. The molecule has 9 nitrogen and oxygen atoms in total. The van der Waals surface area contributed by atoms with Crippen LogP contribution in [0.15, 0.2) is 0 Å². The Labute approximate surface area is 142 Å². The van der Waals surface area contributed by atoms with Crippen LogP contribution in [0.25, 0.3) is 0 Å². The summed E-state index contributed by atoms with van der Waals surface area (Å²) < 4.78 is 26.3. The van der Waals surface area contributed by atoms with E-state index in [0.717, 1.165) is 6.42 Å². The maximum atomic E-state index is 10.9. The quantitative estimate of drug-likeness (QED) is 0.310. The Morgan fingerprint density at radius 3 is 2.33 bits per heavy atom. The summed E-state index contributed by atoms with van der Waals surface area (Å²) in [7, 11) is 0. The van der Waals surface area contributed by atoms with Crippen molar-refractivity contribution >= 4 is 5.97 Å². The van der Waals surface area contributed by atoms with Gasteiger partial charge >= 0.3 is 5.97 Å². The number of hydrogen-bond donors (Lipinski definition) is 3. The molecule has 0 aliphatic carbocycles. The van der Waals surface area contributed by atoms with E-state index < -0.39 is 36.6 Å². The van der Waals surface area contributed by atoms with Crippen LogP contribution in [0.3, 0.4) is 0 Å². The first kappa shape index (κ1) is 21.2. The lowest BCUT2D eigenvalue weighted by Crippen LogP contribution is -2.62. The molecule has 24 heavy (non-hydrogen) atoms. The Hall–Kier alpha value is -0.810. The lowest BCUT2D eigenvalue weighted by Gasteiger charge is -2.40. The van der Waals surface area contributed by atoms with Crippen molar-refractivity contribution in [1.82, 2.24) is 0 Å². The van der Waals surface area contributed by atoms with Gasteiger partial charge in [0.2, 0.25) is 0 Å². The number of carbonyl (C=O) groups is 1. The highest BCUT2D eigenvalue weighted by Gasteiger charge is 2.43. The van der Waals surface area contributed by atoms with Gasteiger partial charge in [-0.15, -0.1) is 0 Å². The summed E-state index contributed by atoms with van der Waals surface area (Å²) in [5.74, 6) is -0.508. The minimum atomic E-state index is -1.26. The number of aliphatic hydroxyl groups excluding tert-OH is 2. The van der Waals surface area contributed by atoms with Crippen molar-refractivity contribution in [2.24, 2.45) is 5.73 Å². The SMILES string of the molecule is CCCOCCOCCOC1OC(COC(C)=O)C(O)C(O)C1N. The third-order valence-corrected chi connectivity index (χ3v) is 3.43. The first-order valence-electron chi connectivity index (χ1n) is 8.15. The summed E-state index contributed by atoms with van der Waals surface area (Å²) >= 11 is 0. The van der Waals surface area contributed by atoms with Crippen molar-refractivity contribution in [3.05, 3.63) is 0 Å². The molecule has 1 aliphatic heterocycles. The van der Waals surface area contributed by atoms with Crippen LogP contribution in [0, 0.1) is 0 Å². The molecule has 1 rings (SSSR count). The van der Waals surface area contributed by atoms with E-state index in [1.54, 1.807) is 0 Å². The minimum Gasteiger partial charge on any atom is -0.463 e. The standard InChI is InChI=1S/C15H29NO8/c1-3-4-20-5-6-21-7-8-22-15-12(16)14(19)13(18)11(24-15)9-23-10(2)17/h11-15,18-19H,3-9,16H2,1-2H3. The summed E-state index contributed by atoms with van der Waals surface area (Å²) in [5.41, 5.74) is 5.80. The average Bonchev–Trinajstić information content (AvgIpc) is 2.55. The molecule has 1 saturated heterocycles. The first-order chi connectivity index (χ1) is 11.5. The van der Waals surface area contributed by atoms with Crippen molar-refractivity contribution < 1.29 is 38.7 Å². The van der Waals surface area contributed by atoms with Crippen LogP contribution in [0.5, 0.6) is 0 Å². The van der Waals surface area contributed by atoms with Gasteiger partial charge in [0.25, 0.3) is 0 Å². The highest BCUT2D eigenvalue weighted by atomic mass is 16.7. The fourth-order valence-electron chi connectivity index (χ4n) is 2.13. The van der Waals surface area contributed by atoms with Crippen LogP contribution in [0.4, 0.5) is 0 Å². The van der Waals surface area contributed by atoms with Crippen LogP contribution in [0.2, 0.25) is 0 Å². The molecule has 0 bridgehead atoms. The Morgan fingerprint density at radius 2 is 1.71 bits per heavy atom.